The van der Waals surface area contributed by atoms with Gasteiger partial charge in [0.15, 0.2) is 0 Å². The first-order chi connectivity index (χ1) is 16.1. The van der Waals surface area contributed by atoms with Crippen LogP contribution in [0.1, 0.15) is 65.0 Å². The zero-order chi connectivity index (χ0) is 25.3. The smallest absolute Gasteiger partial charge is 0.229 e. The Morgan fingerprint density at radius 3 is 2.18 bits per heavy atom. The van der Waals surface area contributed by atoms with Crippen LogP contribution in [0.3, 0.4) is 0 Å². The normalized spacial score (nSPS) is 21.8. The third kappa shape index (κ3) is 7.46. The van der Waals surface area contributed by atoms with Gasteiger partial charge in [0.1, 0.15) is 0 Å². The lowest BCUT2D eigenvalue weighted by Gasteiger charge is -2.48. The van der Waals surface area contributed by atoms with E-state index in [9.17, 15) is 14.7 Å². The first-order valence-corrected chi connectivity index (χ1v) is 12.6. The van der Waals surface area contributed by atoms with Gasteiger partial charge in [0, 0.05) is 23.0 Å². The van der Waals surface area contributed by atoms with Gasteiger partial charge in [-0.3, -0.25) is 9.59 Å². The van der Waals surface area contributed by atoms with Crippen LogP contribution in [0, 0.1) is 5.41 Å². The Bertz CT molecular complexity index is 921. The molecule has 0 saturated carbocycles. The molecular weight excluding hydrogens is 471 g/mol. The fourth-order valence-corrected chi connectivity index (χ4v) is 4.78. The number of amides is 2. The number of carbonyl (C=O) groups excluding carboxylic acids is 2. The molecular formula is C27H36Cl2N2O3. The van der Waals surface area contributed by atoms with E-state index in [-0.39, 0.29) is 30.3 Å². The predicted molar refractivity (Wildman–Crippen MR) is 139 cm³/mol. The summed E-state index contributed by atoms with van der Waals surface area (Å²) in [5.41, 5.74) is 0.247. The number of benzene rings is 2. The summed E-state index contributed by atoms with van der Waals surface area (Å²) in [6, 6.07) is 16.5. The number of rotatable bonds is 7. The van der Waals surface area contributed by atoms with E-state index >= 15 is 0 Å². The summed E-state index contributed by atoms with van der Waals surface area (Å²) in [6.07, 6.45) is 1.53. The van der Waals surface area contributed by atoms with Crippen LogP contribution in [0.15, 0.2) is 54.6 Å². The van der Waals surface area contributed by atoms with Gasteiger partial charge in [0.25, 0.3) is 0 Å². The van der Waals surface area contributed by atoms with Gasteiger partial charge in [0.05, 0.1) is 23.6 Å². The highest BCUT2D eigenvalue weighted by atomic mass is 35.5. The van der Waals surface area contributed by atoms with Gasteiger partial charge in [-0.2, -0.15) is 0 Å². The summed E-state index contributed by atoms with van der Waals surface area (Å²) < 4.78 is 0. The van der Waals surface area contributed by atoms with Crippen molar-refractivity contribution in [1.82, 2.24) is 10.2 Å². The second-order valence-electron chi connectivity index (χ2n) is 9.02. The van der Waals surface area contributed by atoms with Crippen LogP contribution in [0.5, 0.6) is 0 Å². The van der Waals surface area contributed by atoms with Crippen molar-refractivity contribution in [1.29, 1.82) is 0 Å². The second kappa shape index (κ2) is 13.1. The van der Waals surface area contributed by atoms with Gasteiger partial charge >= 0.3 is 0 Å². The van der Waals surface area contributed by atoms with Crippen LogP contribution < -0.4 is 5.32 Å². The monoisotopic (exact) mass is 506 g/mol. The number of aliphatic hydroxyl groups excluding tert-OH is 1. The molecule has 0 spiro atoms. The molecule has 0 bridgehead atoms. The first kappa shape index (κ1) is 28.2. The highest BCUT2D eigenvalue weighted by molar-refractivity contribution is 6.30. The number of halogens is 2. The number of nitrogens with zero attached hydrogens (tertiary/aromatic N) is 1. The van der Waals surface area contributed by atoms with Gasteiger partial charge in [0.2, 0.25) is 11.8 Å². The van der Waals surface area contributed by atoms with Crippen molar-refractivity contribution in [2.75, 3.05) is 6.54 Å². The van der Waals surface area contributed by atoms with Crippen LogP contribution in [0.4, 0.5) is 0 Å². The van der Waals surface area contributed by atoms with E-state index in [1.54, 1.807) is 6.92 Å². The molecule has 0 aliphatic carbocycles. The van der Waals surface area contributed by atoms with Crippen LogP contribution in [0.25, 0.3) is 0 Å². The quantitative estimate of drug-likeness (QED) is 0.481. The Kier molecular flexibility index (Phi) is 10.9. The fourth-order valence-electron chi connectivity index (χ4n) is 4.51. The topological polar surface area (TPSA) is 69.6 Å². The highest BCUT2D eigenvalue weighted by Gasteiger charge is 2.48. The average molecular weight is 508 g/mol. The van der Waals surface area contributed by atoms with Gasteiger partial charge < -0.3 is 15.3 Å². The van der Waals surface area contributed by atoms with E-state index in [2.05, 4.69) is 5.32 Å². The van der Waals surface area contributed by atoms with Crippen molar-refractivity contribution in [3.63, 3.8) is 0 Å². The Hall–Kier alpha value is -2.08. The van der Waals surface area contributed by atoms with E-state index in [0.29, 0.717) is 24.4 Å². The van der Waals surface area contributed by atoms with Gasteiger partial charge in [-0.05, 0) is 62.9 Å². The standard InChI is InChI=1S/C21H31ClN2O3.C6H5Cl/c1-5-17(14(3)25)24-18(15-7-9-16(22)10-8-15)11-12-21(4,20(24)27)13-19(26)23-6-2;7-6-4-2-1-3-5-6/h7-10,14,17-18,25H,5-6,11-13H2,1-4H3,(H,23,26);1-5H. The van der Waals surface area contributed by atoms with Gasteiger partial charge in [-0.1, -0.05) is 67.4 Å². The minimum atomic E-state index is -0.759. The Morgan fingerprint density at radius 1 is 1.12 bits per heavy atom. The molecule has 0 aromatic heterocycles. The summed E-state index contributed by atoms with van der Waals surface area (Å²) in [7, 11) is 0. The number of carbonyl (C=O) groups is 2. The number of nitrogens with one attached hydrogen (secondary N) is 1. The fraction of sp³-hybridized carbons (Fsp3) is 0.481. The maximum atomic E-state index is 13.6. The first-order valence-electron chi connectivity index (χ1n) is 11.9. The lowest BCUT2D eigenvalue weighted by Crippen LogP contribution is -2.56. The number of hydrogen-bond donors (Lipinski definition) is 2. The SMILES string of the molecule is CCNC(=O)CC1(C)CCC(c2ccc(Cl)cc2)N(C(CC)C(C)O)C1=O.Clc1ccccc1. The number of aliphatic hydroxyl groups is 1. The summed E-state index contributed by atoms with van der Waals surface area (Å²) >= 11 is 11.6. The molecule has 186 valence electrons. The maximum absolute atomic E-state index is 13.6. The highest BCUT2D eigenvalue weighted by Crippen LogP contribution is 2.44. The molecule has 2 aromatic carbocycles. The van der Waals surface area contributed by atoms with E-state index in [0.717, 1.165) is 17.0 Å². The largest absolute Gasteiger partial charge is 0.391 e. The van der Waals surface area contributed by atoms with E-state index < -0.39 is 11.5 Å². The molecule has 2 amide bonds. The predicted octanol–water partition coefficient (Wildman–Crippen LogP) is 6.04. The third-order valence-electron chi connectivity index (χ3n) is 6.30. The lowest BCUT2D eigenvalue weighted by molar-refractivity contribution is -0.158. The number of hydrogen-bond acceptors (Lipinski definition) is 3. The van der Waals surface area contributed by atoms with Crippen molar-refractivity contribution in [3.05, 3.63) is 70.2 Å². The zero-order valence-electron chi connectivity index (χ0n) is 20.4. The molecule has 2 N–H and O–H groups in total. The molecule has 1 fully saturated rings. The lowest BCUT2D eigenvalue weighted by atomic mass is 9.73. The van der Waals surface area contributed by atoms with Crippen LogP contribution in [-0.2, 0) is 9.59 Å². The second-order valence-corrected chi connectivity index (χ2v) is 9.89. The van der Waals surface area contributed by atoms with E-state index in [4.69, 9.17) is 23.2 Å². The van der Waals surface area contributed by atoms with Crippen LogP contribution >= 0.6 is 23.2 Å². The molecule has 1 saturated heterocycles. The molecule has 1 heterocycles. The summed E-state index contributed by atoms with van der Waals surface area (Å²) in [4.78, 5) is 27.6. The molecule has 4 unspecified atom stereocenters. The van der Waals surface area contributed by atoms with Crippen molar-refractivity contribution in [3.8, 4) is 0 Å². The molecule has 34 heavy (non-hydrogen) atoms. The maximum Gasteiger partial charge on any atom is 0.229 e. The Labute approximate surface area is 213 Å². The molecule has 5 nitrogen and oxygen atoms in total. The molecule has 3 rings (SSSR count). The van der Waals surface area contributed by atoms with Gasteiger partial charge in [-0.25, -0.2) is 0 Å². The summed E-state index contributed by atoms with van der Waals surface area (Å²) in [6.45, 7) is 7.97. The molecule has 2 aromatic rings. The minimum Gasteiger partial charge on any atom is -0.391 e. The van der Waals surface area contributed by atoms with Gasteiger partial charge in [-0.15, -0.1) is 0 Å². The average Bonchev–Trinajstić information content (AvgIpc) is 2.79. The van der Waals surface area contributed by atoms with Crippen molar-refractivity contribution >= 4 is 35.0 Å². The molecule has 4 atom stereocenters. The Balaban J connectivity index is 0.000000497. The van der Waals surface area contributed by atoms with Crippen molar-refractivity contribution < 1.29 is 14.7 Å². The van der Waals surface area contributed by atoms with E-state index in [1.807, 2.05) is 80.3 Å². The van der Waals surface area contributed by atoms with Crippen molar-refractivity contribution in [2.45, 2.75) is 71.6 Å². The van der Waals surface area contributed by atoms with Crippen molar-refractivity contribution in [2.24, 2.45) is 5.41 Å². The number of likely N-dealkylation sites (tertiary alicyclic amines) is 1. The summed E-state index contributed by atoms with van der Waals surface area (Å²) in [5, 5.41) is 14.6. The number of piperidine rings is 1. The zero-order valence-corrected chi connectivity index (χ0v) is 21.9. The summed E-state index contributed by atoms with van der Waals surface area (Å²) in [5.74, 6) is -0.170. The minimum absolute atomic E-state index is 0.0623. The molecule has 1 aliphatic heterocycles. The molecule has 7 heteroatoms. The Morgan fingerprint density at radius 2 is 1.71 bits per heavy atom. The van der Waals surface area contributed by atoms with E-state index in [1.165, 1.54) is 0 Å². The molecule has 0 radical (unpaired) electrons. The molecule has 1 aliphatic rings. The third-order valence-corrected chi connectivity index (χ3v) is 6.81. The van der Waals surface area contributed by atoms with Crippen LogP contribution in [0.2, 0.25) is 10.0 Å². The van der Waals surface area contributed by atoms with Crippen LogP contribution in [-0.4, -0.2) is 40.5 Å².